The van der Waals surface area contributed by atoms with E-state index in [4.69, 9.17) is 24.2 Å². The third-order valence-corrected chi connectivity index (χ3v) is 4.65. The Morgan fingerprint density at radius 3 is 2.38 bits per heavy atom. The Labute approximate surface area is 161 Å². The van der Waals surface area contributed by atoms with Crippen LogP contribution in [0.1, 0.15) is 19.4 Å². The molecular weight excluding hydrogens is 349 g/mol. The molecule has 0 atom stereocenters. The second-order valence-corrected chi connectivity index (χ2v) is 6.74. The van der Waals surface area contributed by atoms with Crippen LogP contribution in [0.5, 0.6) is 0 Å². The molecule has 26 heavy (non-hydrogen) atoms. The van der Waals surface area contributed by atoms with Gasteiger partial charge in [-0.2, -0.15) is 0 Å². The number of benzene rings is 2. The summed E-state index contributed by atoms with van der Waals surface area (Å²) in [5.74, 6) is -0.352. The first kappa shape index (κ1) is 20.6. The van der Waals surface area contributed by atoms with Crippen molar-refractivity contribution in [3.63, 3.8) is 0 Å². The monoisotopic (exact) mass is 374 g/mol. The summed E-state index contributed by atoms with van der Waals surface area (Å²) in [6.07, 6.45) is 0.613. The highest BCUT2D eigenvalue weighted by Gasteiger charge is 2.36. The molecule has 0 unspecified atom stereocenters. The summed E-state index contributed by atoms with van der Waals surface area (Å²) < 4.78 is 18.4. The quantitative estimate of drug-likeness (QED) is 0.648. The third-order valence-electron chi connectivity index (χ3n) is 4.34. The number of rotatable bonds is 6. The maximum atomic E-state index is 13.1. The van der Waals surface area contributed by atoms with Crippen molar-refractivity contribution in [1.29, 1.82) is 0 Å². The standard InChI is InChI=1S/C18H19BClFN2O.C2H6/c1-12-6-14(23-17-4-2-13(21)7-15(17)20)3-5-16(12)22-9-18(8-19)10-24-11-18;1-2/h2-7,22-23H,8-11H2,1H3;1-2H3. The van der Waals surface area contributed by atoms with Gasteiger partial charge in [-0.3, -0.25) is 0 Å². The number of hydrogen-bond donors (Lipinski definition) is 2. The van der Waals surface area contributed by atoms with Gasteiger partial charge in [0.25, 0.3) is 0 Å². The molecular formula is C20H25BClFN2O. The van der Waals surface area contributed by atoms with Crippen molar-refractivity contribution in [2.24, 2.45) is 5.41 Å². The Morgan fingerprint density at radius 2 is 1.85 bits per heavy atom. The van der Waals surface area contributed by atoms with Crippen LogP contribution in [0.4, 0.5) is 21.5 Å². The van der Waals surface area contributed by atoms with Crippen molar-refractivity contribution in [3.05, 3.63) is 52.8 Å². The maximum Gasteiger partial charge on any atom is 0.124 e. The van der Waals surface area contributed by atoms with E-state index < -0.39 is 0 Å². The van der Waals surface area contributed by atoms with Crippen LogP contribution in [-0.4, -0.2) is 27.6 Å². The zero-order chi connectivity index (χ0) is 19.2. The van der Waals surface area contributed by atoms with E-state index in [1.807, 2.05) is 39.0 Å². The first-order valence-corrected chi connectivity index (χ1v) is 9.24. The molecule has 2 radical (unpaired) electrons. The predicted octanol–water partition coefficient (Wildman–Crippen LogP) is 5.57. The summed E-state index contributed by atoms with van der Waals surface area (Å²) in [6.45, 7) is 8.24. The molecule has 1 fully saturated rings. The summed E-state index contributed by atoms with van der Waals surface area (Å²) in [5, 5.41) is 7.01. The summed E-state index contributed by atoms with van der Waals surface area (Å²) in [7, 11) is 5.84. The molecule has 3 rings (SSSR count). The van der Waals surface area contributed by atoms with Crippen molar-refractivity contribution < 1.29 is 9.13 Å². The van der Waals surface area contributed by atoms with Gasteiger partial charge < -0.3 is 15.4 Å². The second-order valence-electron chi connectivity index (χ2n) is 6.33. The minimum Gasteiger partial charge on any atom is -0.384 e. The van der Waals surface area contributed by atoms with Crippen LogP contribution in [0.2, 0.25) is 11.3 Å². The fourth-order valence-corrected chi connectivity index (χ4v) is 2.87. The van der Waals surface area contributed by atoms with Crippen LogP contribution in [0.25, 0.3) is 0 Å². The Kier molecular flexibility index (Phi) is 7.36. The molecule has 2 aromatic rings. The van der Waals surface area contributed by atoms with Crippen LogP contribution >= 0.6 is 11.6 Å². The van der Waals surface area contributed by atoms with Gasteiger partial charge in [-0.1, -0.05) is 31.8 Å². The number of aryl methyl sites for hydroxylation is 1. The zero-order valence-corrected chi connectivity index (χ0v) is 16.3. The van der Waals surface area contributed by atoms with E-state index in [1.165, 1.54) is 12.1 Å². The van der Waals surface area contributed by atoms with E-state index >= 15 is 0 Å². The largest absolute Gasteiger partial charge is 0.384 e. The minimum absolute atomic E-state index is 0.0466. The number of ether oxygens (including phenoxy) is 1. The number of nitrogens with one attached hydrogen (secondary N) is 2. The van der Waals surface area contributed by atoms with E-state index in [0.717, 1.165) is 23.5 Å². The SMILES string of the molecule is CC.[B]CC1(CNc2ccc(Nc3ccc(F)cc3Cl)cc2C)COC1. The Hall–Kier alpha value is -1.72. The van der Waals surface area contributed by atoms with Gasteiger partial charge in [-0.15, -0.1) is 0 Å². The molecule has 3 nitrogen and oxygen atoms in total. The van der Waals surface area contributed by atoms with E-state index in [9.17, 15) is 4.39 Å². The average molecular weight is 375 g/mol. The van der Waals surface area contributed by atoms with Crippen LogP contribution < -0.4 is 10.6 Å². The zero-order valence-electron chi connectivity index (χ0n) is 15.5. The van der Waals surface area contributed by atoms with Gasteiger partial charge in [0, 0.05) is 23.3 Å². The van der Waals surface area contributed by atoms with Gasteiger partial charge in [-0.25, -0.2) is 4.39 Å². The van der Waals surface area contributed by atoms with E-state index in [2.05, 4.69) is 10.6 Å². The Balaban J connectivity index is 0.00000117. The highest BCUT2D eigenvalue weighted by molar-refractivity contribution is 6.33. The minimum atomic E-state index is -0.352. The fraction of sp³-hybridized carbons (Fsp3) is 0.400. The fourth-order valence-electron chi connectivity index (χ4n) is 2.65. The van der Waals surface area contributed by atoms with Crippen molar-refractivity contribution >= 4 is 36.5 Å². The Bertz CT molecular complexity index is 732. The molecule has 6 heteroatoms. The Morgan fingerprint density at radius 1 is 1.15 bits per heavy atom. The summed E-state index contributed by atoms with van der Waals surface area (Å²) in [4.78, 5) is 0. The summed E-state index contributed by atoms with van der Waals surface area (Å²) in [5.41, 5.74) is 3.78. The summed E-state index contributed by atoms with van der Waals surface area (Å²) >= 11 is 6.05. The van der Waals surface area contributed by atoms with Crippen molar-refractivity contribution in [2.75, 3.05) is 30.4 Å². The molecule has 0 bridgehead atoms. The topological polar surface area (TPSA) is 33.3 Å². The first-order chi connectivity index (χ1) is 12.5. The number of hydrogen-bond acceptors (Lipinski definition) is 3. The molecule has 2 N–H and O–H groups in total. The maximum absolute atomic E-state index is 13.1. The molecule has 2 aromatic carbocycles. The molecule has 0 amide bonds. The van der Waals surface area contributed by atoms with Crippen LogP contribution in [0, 0.1) is 18.2 Å². The summed E-state index contributed by atoms with van der Waals surface area (Å²) in [6, 6.07) is 10.3. The van der Waals surface area contributed by atoms with Gasteiger partial charge in [0.1, 0.15) is 5.82 Å². The highest BCUT2D eigenvalue weighted by atomic mass is 35.5. The van der Waals surface area contributed by atoms with Crippen LogP contribution in [0.15, 0.2) is 36.4 Å². The average Bonchev–Trinajstić information content (AvgIpc) is 2.60. The van der Waals surface area contributed by atoms with Crippen LogP contribution in [-0.2, 0) is 4.74 Å². The van der Waals surface area contributed by atoms with Crippen LogP contribution in [0.3, 0.4) is 0 Å². The van der Waals surface area contributed by atoms with E-state index in [0.29, 0.717) is 30.2 Å². The van der Waals surface area contributed by atoms with Gasteiger partial charge in [0.2, 0.25) is 0 Å². The smallest absolute Gasteiger partial charge is 0.124 e. The van der Waals surface area contributed by atoms with Crippen molar-refractivity contribution in [1.82, 2.24) is 0 Å². The molecule has 0 aliphatic carbocycles. The van der Waals surface area contributed by atoms with Gasteiger partial charge in [0.15, 0.2) is 0 Å². The van der Waals surface area contributed by atoms with E-state index in [-0.39, 0.29) is 11.2 Å². The lowest BCUT2D eigenvalue weighted by Gasteiger charge is -2.41. The molecule has 0 saturated carbocycles. The van der Waals surface area contributed by atoms with Crippen molar-refractivity contribution in [3.8, 4) is 0 Å². The van der Waals surface area contributed by atoms with E-state index in [1.54, 1.807) is 6.07 Å². The second kappa shape index (κ2) is 9.29. The van der Waals surface area contributed by atoms with Gasteiger partial charge in [0.05, 0.1) is 31.8 Å². The van der Waals surface area contributed by atoms with Gasteiger partial charge in [-0.05, 0) is 48.9 Å². The third kappa shape index (κ3) is 4.92. The lowest BCUT2D eigenvalue weighted by Crippen LogP contribution is -2.47. The lowest BCUT2D eigenvalue weighted by atomic mass is 9.74. The predicted molar refractivity (Wildman–Crippen MR) is 110 cm³/mol. The highest BCUT2D eigenvalue weighted by Crippen LogP contribution is 2.32. The molecule has 0 aromatic heterocycles. The number of anilines is 3. The molecule has 1 saturated heterocycles. The first-order valence-electron chi connectivity index (χ1n) is 8.86. The molecule has 1 heterocycles. The van der Waals surface area contributed by atoms with Gasteiger partial charge >= 0.3 is 0 Å². The van der Waals surface area contributed by atoms with Crippen molar-refractivity contribution in [2.45, 2.75) is 27.1 Å². The number of halogens is 2. The molecule has 138 valence electrons. The normalized spacial score (nSPS) is 14.7. The lowest BCUT2D eigenvalue weighted by molar-refractivity contribution is -0.0918. The molecule has 1 aliphatic heterocycles. The molecule has 1 aliphatic rings. The molecule has 0 spiro atoms.